The Balaban J connectivity index is 2.83. The van der Waals surface area contributed by atoms with Crippen molar-refractivity contribution in [3.8, 4) is 11.8 Å². The molecule has 1 heterocycles. The molecule has 0 aliphatic rings. The quantitative estimate of drug-likeness (QED) is 0.716. The van der Waals surface area contributed by atoms with Crippen LogP contribution in [-0.4, -0.2) is 15.8 Å². The van der Waals surface area contributed by atoms with Gasteiger partial charge in [0.2, 0.25) is 0 Å². The molecule has 0 fully saturated rings. The Morgan fingerprint density at radius 1 is 1.57 bits per heavy atom. The van der Waals surface area contributed by atoms with E-state index in [0.29, 0.717) is 0 Å². The maximum Gasteiger partial charge on any atom is 0.0750 e. The van der Waals surface area contributed by atoms with Gasteiger partial charge in [-0.1, -0.05) is 18.8 Å². The summed E-state index contributed by atoms with van der Waals surface area (Å²) in [7, 11) is 0. The van der Waals surface area contributed by atoms with E-state index >= 15 is 0 Å². The molecule has 3 heteroatoms. The lowest BCUT2D eigenvalue weighted by molar-refractivity contribution is 0.653. The van der Waals surface area contributed by atoms with E-state index in [0.717, 1.165) is 24.2 Å². The third-order valence-electron chi connectivity index (χ3n) is 2.10. The van der Waals surface area contributed by atoms with Crippen LogP contribution in [0.5, 0.6) is 0 Å². The monoisotopic (exact) mass is 191 g/mol. The van der Waals surface area contributed by atoms with Crippen molar-refractivity contribution < 1.29 is 0 Å². The number of nitrogens with two attached hydrogens (primary N) is 1. The highest BCUT2D eigenvalue weighted by atomic mass is 15.3. The van der Waals surface area contributed by atoms with Gasteiger partial charge in [-0.15, -0.1) is 0 Å². The fourth-order valence-corrected chi connectivity index (χ4v) is 1.08. The second-order valence-electron chi connectivity index (χ2n) is 3.27. The molecule has 0 aliphatic carbocycles. The van der Waals surface area contributed by atoms with Gasteiger partial charge in [-0.05, 0) is 20.3 Å². The van der Waals surface area contributed by atoms with Gasteiger partial charge in [0.1, 0.15) is 0 Å². The zero-order valence-corrected chi connectivity index (χ0v) is 9.04. The van der Waals surface area contributed by atoms with Crippen LogP contribution in [-0.2, 0) is 6.54 Å². The first-order valence-corrected chi connectivity index (χ1v) is 4.98. The molecule has 1 aromatic rings. The predicted molar refractivity (Wildman–Crippen MR) is 57.8 cm³/mol. The van der Waals surface area contributed by atoms with Crippen LogP contribution in [0.15, 0.2) is 6.20 Å². The van der Waals surface area contributed by atoms with E-state index in [4.69, 9.17) is 5.73 Å². The summed E-state index contributed by atoms with van der Waals surface area (Å²) >= 11 is 0. The zero-order chi connectivity index (χ0) is 10.6. The van der Waals surface area contributed by atoms with Crippen molar-refractivity contribution in [2.24, 2.45) is 5.73 Å². The third-order valence-corrected chi connectivity index (χ3v) is 2.10. The molecule has 2 N–H and O–H groups in total. The lowest BCUT2D eigenvalue weighted by atomic mass is 10.2. The van der Waals surface area contributed by atoms with Crippen LogP contribution in [0.2, 0.25) is 0 Å². The largest absolute Gasteiger partial charge is 0.318 e. The van der Waals surface area contributed by atoms with Crippen molar-refractivity contribution in [3.63, 3.8) is 0 Å². The number of hydrogen-bond donors (Lipinski definition) is 1. The van der Waals surface area contributed by atoms with Crippen LogP contribution in [0.4, 0.5) is 0 Å². The molecule has 1 atom stereocenters. The van der Waals surface area contributed by atoms with E-state index in [1.165, 1.54) is 0 Å². The molecule has 0 aliphatic heterocycles. The van der Waals surface area contributed by atoms with Crippen LogP contribution in [0.25, 0.3) is 0 Å². The van der Waals surface area contributed by atoms with Gasteiger partial charge in [0.25, 0.3) is 0 Å². The van der Waals surface area contributed by atoms with Gasteiger partial charge in [0, 0.05) is 12.7 Å². The lowest BCUT2D eigenvalue weighted by Gasteiger charge is -1.94. The van der Waals surface area contributed by atoms with Gasteiger partial charge in [-0.25, -0.2) is 0 Å². The van der Waals surface area contributed by atoms with Gasteiger partial charge >= 0.3 is 0 Å². The Morgan fingerprint density at radius 3 is 2.79 bits per heavy atom. The van der Waals surface area contributed by atoms with E-state index in [-0.39, 0.29) is 6.04 Å². The predicted octanol–water partition coefficient (Wildman–Crippen LogP) is 1.30. The average Bonchev–Trinajstić information content (AvgIpc) is 2.55. The first-order chi connectivity index (χ1) is 6.67. The molecule has 0 bridgehead atoms. The van der Waals surface area contributed by atoms with Gasteiger partial charge in [0.05, 0.1) is 17.3 Å². The number of rotatable bonds is 2. The molecule has 0 saturated heterocycles. The van der Waals surface area contributed by atoms with Crippen LogP contribution in [0.3, 0.4) is 0 Å². The summed E-state index contributed by atoms with van der Waals surface area (Å²) in [5.41, 5.74) is 7.67. The maximum absolute atomic E-state index is 5.71. The topological polar surface area (TPSA) is 43.8 Å². The SMILES string of the molecule is CCC(N)C#Cc1cn(CC)nc1C. The first kappa shape index (κ1) is 10.8. The minimum atomic E-state index is -0.0284. The Bertz CT molecular complexity index is 354. The fraction of sp³-hybridized carbons (Fsp3) is 0.545. The summed E-state index contributed by atoms with van der Waals surface area (Å²) < 4.78 is 1.89. The summed E-state index contributed by atoms with van der Waals surface area (Å²) in [6.07, 6.45) is 2.85. The van der Waals surface area contributed by atoms with Crippen molar-refractivity contribution in [1.82, 2.24) is 9.78 Å². The van der Waals surface area contributed by atoms with Crippen molar-refractivity contribution in [1.29, 1.82) is 0 Å². The highest BCUT2D eigenvalue weighted by Gasteiger charge is 2.00. The summed E-state index contributed by atoms with van der Waals surface area (Å²) in [5.74, 6) is 6.06. The number of nitrogens with zero attached hydrogens (tertiary/aromatic N) is 2. The van der Waals surface area contributed by atoms with Crippen LogP contribution in [0.1, 0.15) is 31.5 Å². The lowest BCUT2D eigenvalue weighted by Crippen LogP contribution is -2.15. The van der Waals surface area contributed by atoms with E-state index in [1.54, 1.807) is 0 Å². The second kappa shape index (κ2) is 4.83. The molecule has 1 rings (SSSR count). The molecule has 76 valence electrons. The summed E-state index contributed by atoms with van der Waals surface area (Å²) in [5, 5.41) is 4.31. The maximum atomic E-state index is 5.71. The standard InChI is InChI=1S/C11H17N3/c1-4-11(12)7-6-10-8-14(5-2)13-9(10)3/h8,11H,4-5,12H2,1-3H3. The number of hydrogen-bond acceptors (Lipinski definition) is 2. The molecule has 1 aromatic heterocycles. The van der Waals surface area contributed by atoms with Gasteiger partial charge in [-0.2, -0.15) is 5.10 Å². The van der Waals surface area contributed by atoms with Crippen molar-refractivity contribution >= 4 is 0 Å². The summed E-state index contributed by atoms with van der Waals surface area (Å²) in [6.45, 7) is 6.93. The molecular formula is C11H17N3. The zero-order valence-electron chi connectivity index (χ0n) is 9.04. The minimum Gasteiger partial charge on any atom is -0.318 e. The van der Waals surface area contributed by atoms with E-state index in [9.17, 15) is 0 Å². The molecular weight excluding hydrogens is 174 g/mol. The third kappa shape index (κ3) is 2.61. The van der Waals surface area contributed by atoms with E-state index < -0.39 is 0 Å². The van der Waals surface area contributed by atoms with Crippen molar-refractivity contribution in [2.75, 3.05) is 0 Å². The molecule has 0 aromatic carbocycles. The molecule has 0 spiro atoms. The van der Waals surface area contributed by atoms with Crippen molar-refractivity contribution in [2.45, 2.75) is 39.8 Å². The highest BCUT2D eigenvalue weighted by Crippen LogP contribution is 2.03. The van der Waals surface area contributed by atoms with E-state index in [2.05, 4.69) is 23.9 Å². The second-order valence-corrected chi connectivity index (χ2v) is 3.27. The Labute approximate surface area is 85.3 Å². The minimum absolute atomic E-state index is 0.0284. The Morgan fingerprint density at radius 2 is 2.29 bits per heavy atom. The summed E-state index contributed by atoms with van der Waals surface area (Å²) in [4.78, 5) is 0. The van der Waals surface area contributed by atoms with Crippen LogP contribution in [0, 0.1) is 18.8 Å². The number of aryl methyl sites for hydroxylation is 2. The Hall–Kier alpha value is -1.27. The summed E-state index contributed by atoms with van der Waals surface area (Å²) in [6, 6.07) is -0.0284. The molecule has 3 nitrogen and oxygen atoms in total. The van der Waals surface area contributed by atoms with Crippen LogP contribution < -0.4 is 5.73 Å². The average molecular weight is 191 g/mol. The number of aromatic nitrogens is 2. The Kier molecular flexibility index (Phi) is 3.73. The fourth-order valence-electron chi connectivity index (χ4n) is 1.08. The molecule has 0 amide bonds. The molecule has 0 saturated carbocycles. The van der Waals surface area contributed by atoms with Crippen LogP contribution >= 0.6 is 0 Å². The van der Waals surface area contributed by atoms with Gasteiger partial charge in [0.15, 0.2) is 0 Å². The normalized spacial score (nSPS) is 12.0. The van der Waals surface area contributed by atoms with Gasteiger partial charge in [-0.3, -0.25) is 4.68 Å². The molecule has 1 unspecified atom stereocenters. The van der Waals surface area contributed by atoms with Crippen molar-refractivity contribution in [3.05, 3.63) is 17.5 Å². The highest BCUT2D eigenvalue weighted by molar-refractivity contribution is 5.36. The smallest absolute Gasteiger partial charge is 0.0750 e. The molecule has 0 radical (unpaired) electrons. The first-order valence-electron chi connectivity index (χ1n) is 4.98. The molecule has 14 heavy (non-hydrogen) atoms. The van der Waals surface area contributed by atoms with Gasteiger partial charge < -0.3 is 5.73 Å². The van der Waals surface area contributed by atoms with E-state index in [1.807, 2.05) is 24.7 Å².